The van der Waals surface area contributed by atoms with Gasteiger partial charge in [-0.15, -0.1) is 11.3 Å². The van der Waals surface area contributed by atoms with Crippen LogP contribution < -0.4 is 5.32 Å². The SMILES string of the molecule is C=CCON=C1CC(CCC(=O)Nc2ncc(C)s2)C2C3CCc4cc(O)ccc4C3CCC12C. The highest BCUT2D eigenvalue weighted by Crippen LogP contribution is 2.62. The van der Waals surface area contributed by atoms with Crippen LogP contribution in [0.25, 0.3) is 0 Å². The van der Waals surface area contributed by atoms with Gasteiger partial charge in [0.05, 0.1) is 5.71 Å². The molecule has 2 fully saturated rings. The zero-order chi connectivity index (χ0) is 24.6. The monoisotopic (exact) mass is 493 g/mol. The fourth-order valence-corrected chi connectivity index (χ4v) is 7.82. The fourth-order valence-electron chi connectivity index (χ4n) is 7.14. The molecule has 5 atom stereocenters. The molecule has 3 aliphatic carbocycles. The van der Waals surface area contributed by atoms with Gasteiger partial charge in [-0.1, -0.05) is 30.8 Å². The molecular formula is C28H35N3O3S. The molecule has 0 saturated heterocycles. The van der Waals surface area contributed by atoms with Gasteiger partial charge in [-0.2, -0.15) is 0 Å². The first-order valence-corrected chi connectivity index (χ1v) is 13.5. The second kappa shape index (κ2) is 9.76. The number of carbonyl (C=O) groups is 1. The average Bonchev–Trinajstić information content (AvgIpc) is 3.37. The molecule has 186 valence electrons. The van der Waals surface area contributed by atoms with E-state index in [0.717, 1.165) is 49.1 Å². The van der Waals surface area contributed by atoms with E-state index in [9.17, 15) is 9.90 Å². The summed E-state index contributed by atoms with van der Waals surface area (Å²) in [6.45, 7) is 8.52. The molecule has 1 aromatic heterocycles. The third-order valence-electron chi connectivity index (χ3n) is 8.56. The van der Waals surface area contributed by atoms with Crippen molar-refractivity contribution in [1.82, 2.24) is 4.98 Å². The molecule has 2 N–H and O–H groups in total. The van der Waals surface area contributed by atoms with Gasteiger partial charge in [0.2, 0.25) is 5.91 Å². The van der Waals surface area contributed by atoms with Crippen LogP contribution in [0.3, 0.4) is 0 Å². The number of phenolic OH excluding ortho intramolecular Hbond substituents is 1. The summed E-state index contributed by atoms with van der Waals surface area (Å²) in [5.74, 6) is 2.29. The number of anilines is 1. The summed E-state index contributed by atoms with van der Waals surface area (Å²) >= 11 is 1.51. The van der Waals surface area contributed by atoms with Gasteiger partial charge in [-0.3, -0.25) is 4.79 Å². The summed E-state index contributed by atoms with van der Waals surface area (Å²) in [6, 6.07) is 5.92. The first kappa shape index (κ1) is 24.0. The van der Waals surface area contributed by atoms with Crippen molar-refractivity contribution in [2.24, 2.45) is 28.3 Å². The van der Waals surface area contributed by atoms with E-state index in [4.69, 9.17) is 4.84 Å². The molecule has 3 aliphatic rings. The van der Waals surface area contributed by atoms with Gasteiger partial charge in [-0.05, 0) is 92.4 Å². The van der Waals surface area contributed by atoms with Crippen LogP contribution in [-0.4, -0.2) is 28.3 Å². The number of hydrogen-bond acceptors (Lipinski definition) is 6. The van der Waals surface area contributed by atoms with Crippen LogP contribution in [0.5, 0.6) is 5.75 Å². The number of rotatable bonds is 7. The Kier molecular flexibility index (Phi) is 6.71. The first-order valence-electron chi connectivity index (χ1n) is 12.7. The second-order valence-electron chi connectivity index (χ2n) is 10.6. The van der Waals surface area contributed by atoms with E-state index in [2.05, 4.69) is 35.0 Å². The summed E-state index contributed by atoms with van der Waals surface area (Å²) in [5.41, 5.74) is 3.85. The Morgan fingerprint density at radius 1 is 1.43 bits per heavy atom. The summed E-state index contributed by atoms with van der Waals surface area (Å²) in [7, 11) is 0. The number of amides is 1. The molecule has 1 aromatic carbocycles. The maximum Gasteiger partial charge on any atom is 0.226 e. The molecule has 5 unspecified atom stereocenters. The number of aromatic nitrogens is 1. The third kappa shape index (κ3) is 4.63. The highest BCUT2D eigenvalue weighted by molar-refractivity contribution is 7.15. The molecule has 5 rings (SSSR count). The van der Waals surface area contributed by atoms with E-state index in [0.29, 0.717) is 47.6 Å². The molecule has 0 bridgehead atoms. The van der Waals surface area contributed by atoms with E-state index >= 15 is 0 Å². The van der Waals surface area contributed by atoms with Gasteiger partial charge in [0.15, 0.2) is 5.13 Å². The highest BCUT2D eigenvalue weighted by Gasteiger charge is 2.57. The van der Waals surface area contributed by atoms with Crippen molar-refractivity contribution < 1.29 is 14.7 Å². The molecule has 0 aliphatic heterocycles. The Hall–Kier alpha value is -2.67. The minimum atomic E-state index is -0.00960. The lowest BCUT2D eigenvalue weighted by Crippen LogP contribution is -2.44. The van der Waals surface area contributed by atoms with Gasteiger partial charge in [-0.25, -0.2) is 4.98 Å². The quantitative estimate of drug-likeness (QED) is 0.273. The lowest BCUT2D eigenvalue weighted by atomic mass is 9.54. The summed E-state index contributed by atoms with van der Waals surface area (Å²) in [5, 5.41) is 18.3. The lowest BCUT2D eigenvalue weighted by Gasteiger charge is -2.50. The van der Waals surface area contributed by atoms with E-state index in [1.54, 1.807) is 12.3 Å². The Morgan fingerprint density at radius 3 is 3.06 bits per heavy atom. The van der Waals surface area contributed by atoms with Gasteiger partial charge in [0.1, 0.15) is 12.4 Å². The average molecular weight is 494 g/mol. The number of hydrogen-bond donors (Lipinski definition) is 2. The molecule has 1 amide bonds. The number of fused-ring (bicyclic) bond motifs is 5. The maximum absolute atomic E-state index is 12.8. The van der Waals surface area contributed by atoms with Crippen molar-refractivity contribution in [2.75, 3.05) is 11.9 Å². The molecule has 0 spiro atoms. The maximum atomic E-state index is 12.8. The lowest BCUT2D eigenvalue weighted by molar-refractivity contribution is -0.116. The normalized spacial score (nSPS) is 30.3. The highest BCUT2D eigenvalue weighted by atomic mass is 32.1. The predicted octanol–water partition coefficient (Wildman–Crippen LogP) is 6.22. The van der Waals surface area contributed by atoms with Crippen LogP contribution in [0.1, 0.15) is 67.4 Å². The number of oxime groups is 1. The van der Waals surface area contributed by atoms with E-state index in [1.165, 1.54) is 22.5 Å². The van der Waals surface area contributed by atoms with Crippen molar-refractivity contribution in [3.63, 3.8) is 0 Å². The Morgan fingerprint density at radius 2 is 2.29 bits per heavy atom. The van der Waals surface area contributed by atoms with Gasteiger partial charge in [0.25, 0.3) is 0 Å². The second-order valence-corrected chi connectivity index (χ2v) is 11.9. The van der Waals surface area contributed by atoms with Crippen LogP contribution in [0.15, 0.2) is 42.2 Å². The molecule has 7 heteroatoms. The Labute approximate surface area is 211 Å². The van der Waals surface area contributed by atoms with Crippen molar-refractivity contribution in [3.8, 4) is 5.75 Å². The largest absolute Gasteiger partial charge is 0.508 e. The number of nitrogens with one attached hydrogen (secondary N) is 1. The molecule has 2 saturated carbocycles. The Bertz CT molecular complexity index is 1140. The standard InChI is InChI=1S/C28H35N3O3S/c1-4-13-34-31-24-15-19(6-10-25(33)30-27-29-16-17(2)35-27)26-23-8-5-18-14-20(32)7-9-21(18)22(23)11-12-28(24,26)3/h4,7,9,14,16,19,22-23,26,32H,1,5-6,8,10-13,15H2,2-3H3,(H,29,30,33). The number of carbonyl (C=O) groups excluding carboxylic acids is 1. The van der Waals surface area contributed by atoms with Crippen LogP contribution in [-0.2, 0) is 16.1 Å². The number of aromatic hydroxyl groups is 1. The molecule has 2 aromatic rings. The summed E-state index contributed by atoms with van der Waals surface area (Å²) in [6.07, 6.45) is 10.0. The van der Waals surface area contributed by atoms with Gasteiger partial charge < -0.3 is 15.3 Å². The minimum absolute atomic E-state index is 0.00960. The number of benzene rings is 1. The molecule has 6 nitrogen and oxygen atoms in total. The van der Waals surface area contributed by atoms with Crippen molar-refractivity contribution in [3.05, 3.63) is 53.1 Å². The fraction of sp³-hybridized carbons (Fsp3) is 0.536. The molecule has 1 heterocycles. The molecule has 0 radical (unpaired) electrons. The minimum Gasteiger partial charge on any atom is -0.508 e. The Balaban J connectivity index is 1.38. The van der Waals surface area contributed by atoms with Crippen molar-refractivity contribution in [1.29, 1.82) is 0 Å². The van der Waals surface area contributed by atoms with E-state index in [-0.39, 0.29) is 11.3 Å². The van der Waals surface area contributed by atoms with Crippen LogP contribution >= 0.6 is 11.3 Å². The van der Waals surface area contributed by atoms with Crippen molar-refractivity contribution >= 4 is 28.1 Å². The number of phenols is 1. The smallest absolute Gasteiger partial charge is 0.226 e. The summed E-state index contributed by atoms with van der Waals surface area (Å²) in [4.78, 5) is 23.7. The van der Waals surface area contributed by atoms with E-state index in [1.807, 2.05) is 19.1 Å². The number of nitrogens with zero attached hydrogens (tertiary/aromatic N) is 2. The van der Waals surface area contributed by atoms with Gasteiger partial charge in [0, 0.05) is 22.9 Å². The van der Waals surface area contributed by atoms with Crippen LogP contribution in [0, 0.1) is 30.1 Å². The zero-order valence-electron chi connectivity index (χ0n) is 20.6. The van der Waals surface area contributed by atoms with E-state index < -0.39 is 0 Å². The molecule has 35 heavy (non-hydrogen) atoms. The third-order valence-corrected chi connectivity index (χ3v) is 9.39. The summed E-state index contributed by atoms with van der Waals surface area (Å²) < 4.78 is 0. The van der Waals surface area contributed by atoms with Crippen LogP contribution in [0.4, 0.5) is 5.13 Å². The number of aryl methyl sites for hydroxylation is 2. The van der Waals surface area contributed by atoms with Crippen LogP contribution in [0.2, 0.25) is 0 Å². The topological polar surface area (TPSA) is 83.8 Å². The molecular weight excluding hydrogens is 458 g/mol. The zero-order valence-corrected chi connectivity index (χ0v) is 21.4. The first-order chi connectivity index (χ1) is 16.9. The number of thiazole rings is 1. The predicted molar refractivity (Wildman–Crippen MR) is 140 cm³/mol. The van der Waals surface area contributed by atoms with Gasteiger partial charge >= 0.3 is 0 Å². The van der Waals surface area contributed by atoms with Crippen molar-refractivity contribution in [2.45, 2.75) is 64.7 Å².